The highest BCUT2D eigenvalue weighted by molar-refractivity contribution is 5.94. The zero-order valence-corrected chi connectivity index (χ0v) is 14.0. The lowest BCUT2D eigenvalue weighted by Gasteiger charge is -2.16. The maximum Gasteiger partial charge on any atom is 0.338 e. The van der Waals surface area contributed by atoms with Gasteiger partial charge in [0, 0.05) is 18.7 Å². The molecule has 1 saturated carbocycles. The van der Waals surface area contributed by atoms with Crippen molar-refractivity contribution in [1.29, 1.82) is 0 Å². The third-order valence-electron chi connectivity index (χ3n) is 3.97. The predicted molar refractivity (Wildman–Crippen MR) is 90.7 cm³/mol. The number of benzene rings is 1. The van der Waals surface area contributed by atoms with E-state index in [9.17, 15) is 14.4 Å². The zero-order chi connectivity index (χ0) is 17.4. The van der Waals surface area contributed by atoms with Crippen LogP contribution >= 0.6 is 0 Å². The summed E-state index contributed by atoms with van der Waals surface area (Å²) in [5.41, 5.74) is 0.809. The molecular formula is C18H24N2O4. The minimum absolute atomic E-state index is 0.182. The minimum atomic E-state index is -0.585. The van der Waals surface area contributed by atoms with Crippen LogP contribution in [0.1, 0.15) is 55.8 Å². The number of esters is 1. The Hall–Kier alpha value is -2.37. The van der Waals surface area contributed by atoms with E-state index in [0.717, 1.165) is 25.7 Å². The standard InChI is InChI=1S/C18H24N2O4/c1-13(21)19-16-10-6-7-14(11-16)18(23)24-12-17(22)20-15-8-4-2-3-5-9-15/h6-7,10-11,15H,2-5,8-9,12H2,1H3,(H,19,21)(H,20,22). The Kier molecular flexibility index (Phi) is 6.78. The van der Waals surface area contributed by atoms with Crippen molar-refractivity contribution >= 4 is 23.5 Å². The summed E-state index contributed by atoms with van der Waals surface area (Å²) in [7, 11) is 0. The van der Waals surface area contributed by atoms with Gasteiger partial charge in [-0.3, -0.25) is 9.59 Å². The molecular weight excluding hydrogens is 308 g/mol. The van der Waals surface area contributed by atoms with Crippen molar-refractivity contribution in [3.8, 4) is 0 Å². The van der Waals surface area contributed by atoms with Crippen LogP contribution in [0, 0.1) is 0 Å². The van der Waals surface area contributed by atoms with Crippen LogP contribution in [0.3, 0.4) is 0 Å². The fraction of sp³-hybridized carbons (Fsp3) is 0.500. The van der Waals surface area contributed by atoms with E-state index in [1.807, 2.05) is 0 Å². The third-order valence-corrected chi connectivity index (χ3v) is 3.97. The Labute approximate surface area is 142 Å². The summed E-state index contributed by atoms with van der Waals surface area (Å²) in [5.74, 6) is -1.07. The van der Waals surface area contributed by atoms with E-state index in [1.165, 1.54) is 25.8 Å². The van der Waals surface area contributed by atoms with Gasteiger partial charge in [-0.2, -0.15) is 0 Å². The first-order valence-electron chi connectivity index (χ1n) is 8.39. The van der Waals surface area contributed by atoms with E-state index in [4.69, 9.17) is 4.74 Å². The second-order valence-corrected chi connectivity index (χ2v) is 6.09. The fourth-order valence-corrected chi connectivity index (χ4v) is 2.83. The smallest absolute Gasteiger partial charge is 0.338 e. The molecule has 1 aromatic carbocycles. The summed E-state index contributed by atoms with van der Waals surface area (Å²) in [6.45, 7) is 1.10. The highest BCUT2D eigenvalue weighted by atomic mass is 16.5. The monoisotopic (exact) mass is 332 g/mol. The molecule has 1 aromatic rings. The van der Waals surface area contributed by atoms with Crippen LogP contribution < -0.4 is 10.6 Å². The zero-order valence-electron chi connectivity index (χ0n) is 14.0. The lowest BCUT2D eigenvalue weighted by atomic mass is 10.1. The molecule has 0 atom stereocenters. The highest BCUT2D eigenvalue weighted by Gasteiger charge is 2.16. The first-order chi connectivity index (χ1) is 11.5. The molecule has 0 aromatic heterocycles. The average molecular weight is 332 g/mol. The second kappa shape index (κ2) is 9.05. The molecule has 2 rings (SSSR count). The number of anilines is 1. The van der Waals surface area contributed by atoms with E-state index >= 15 is 0 Å². The van der Waals surface area contributed by atoms with Crippen LogP contribution in [0.15, 0.2) is 24.3 Å². The lowest BCUT2D eigenvalue weighted by molar-refractivity contribution is -0.125. The SMILES string of the molecule is CC(=O)Nc1cccc(C(=O)OCC(=O)NC2CCCCCC2)c1. The molecule has 130 valence electrons. The Morgan fingerprint density at radius 1 is 1.12 bits per heavy atom. The predicted octanol–water partition coefficient (Wildman–Crippen LogP) is 2.64. The molecule has 24 heavy (non-hydrogen) atoms. The van der Waals surface area contributed by atoms with Crippen molar-refractivity contribution in [2.75, 3.05) is 11.9 Å². The molecule has 0 spiro atoms. The highest BCUT2D eigenvalue weighted by Crippen LogP contribution is 2.17. The quantitative estimate of drug-likeness (QED) is 0.641. The number of nitrogens with one attached hydrogen (secondary N) is 2. The lowest BCUT2D eigenvalue weighted by Crippen LogP contribution is -2.37. The van der Waals surface area contributed by atoms with E-state index in [1.54, 1.807) is 18.2 Å². The normalized spacial score (nSPS) is 15.2. The largest absolute Gasteiger partial charge is 0.452 e. The van der Waals surface area contributed by atoms with E-state index in [2.05, 4.69) is 10.6 Å². The first kappa shape index (κ1) is 18.0. The molecule has 1 fully saturated rings. The van der Waals surface area contributed by atoms with Gasteiger partial charge in [-0.1, -0.05) is 31.7 Å². The number of amides is 2. The molecule has 0 radical (unpaired) electrons. The number of carbonyl (C=O) groups excluding carboxylic acids is 3. The summed E-state index contributed by atoms with van der Waals surface area (Å²) in [6.07, 6.45) is 6.65. The summed E-state index contributed by atoms with van der Waals surface area (Å²) in [5, 5.41) is 5.53. The number of carbonyl (C=O) groups is 3. The van der Waals surface area contributed by atoms with Crippen LogP contribution in [0.25, 0.3) is 0 Å². The van der Waals surface area contributed by atoms with Crippen LogP contribution in [-0.2, 0) is 14.3 Å². The van der Waals surface area contributed by atoms with Crippen molar-refractivity contribution in [2.24, 2.45) is 0 Å². The minimum Gasteiger partial charge on any atom is -0.452 e. The fourth-order valence-electron chi connectivity index (χ4n) is 2.83. The Balaban J connectivity index is 1.81. The number of ether oxygens (including phenoxy) is 1. The van der Waals surface area contributed by atoms with Crippen molar-refractivity contribution in [2.45, 2.75) is 51.5 Å². The molecule has 0 saturated heterocycles. The van der Waals surface area contributed by atoms with Gasteiger partial charge >= 0.3 is 5.97 Å². The topological polar surface area (TPSA) is 84.5 Å². The summed E-state index contributed by atoms with van der Waals surface area (Å²) >= 11 is 0. The molecule has 6 nitrogen and oxygen atoms in total. The Morgan fingerprint density at radius 2 is 1.83 bits per heavy atom. The number of rotatable bonds is 5. The summed E-state index contributed by atoms with van der Waals surface area (Å²) < 4.78 is 5.06. The molecule has 2 amide bonds. The van der Waals surface area contributed by atoms with Gasteiger partial charge in [-0.05, 0) is 31.0 Å². The Morgan fingerprint density at radius 3 is 2.50 bits per heavy atom. The molecule has 6 heteroatoms. The van der Waals surface area contributed by atoms with Crippen LogP contribution in [-0.4, -0.2) is 30.4 Å². The molecule has 0 heterocycles. The van der Waals surface area contributed by atoms with Gasteiger partial charge in [0.25, 0.3) is 5.91 Å². The molecule has 1 aliphatic carbocycles. The van der Waals surface area contributed by atoms with Gasteiger partial charge in [0.05, 0.1) is 5.56 Å². The van der Waals surface area contributed by atoms with Gasteiger partial charge in [-0.25, -0.2) is 4.79 Å². The van der Waals surface area contributed by atoms with E-state index in [0.29, 0.717) is 11.3 Å². The van der Waals surface area contributed by atoms with Gasteiger partial charge < -0.3 is 15.4 Å². The summed E-state index contributed by atoms with van der Waals surface area (Å²) in [4.78, 5) is 35.0. The summed E-state index contributed by atoms with van der Waals surface area (Å²) in [6, 6.07) is 6.61. The van der Waals surface area contributed by atoms with Gasteiger partial charge in [0.2, 0.25) is 5.91 Å². The number of hydrogen-bond acceptors (Lipinski definition) is 4. The van der Waals surface area contributed by atoms with Crippen molar-refractivity contribution in [3.63, 3.8) is 0 Å². The second-order valence-electron chi connectivity index (χ2n) is 6.09. The number of hydrogen-bond donors (Lipinski definition) is 2. The molecule has 1 aliphatic rings. The van der Waals surface area contributed by atoms with Crippen molar-refractivity contribution < 1.29 is 19.1 Å². The van der Waals surface area contributed by atoms with Gasteiger partial charge in [0.1, 0.15) is 0 Å². The molecule has 2 N–H and O–H groups in total. The molecule has 0 unspecified atom stereocenters. The third kappa shape index (κ3) is 6.02. The van der Waals surface area contributed by atoms with E-state index in [-0.39, 0.29) is 24.5 Å². The maximum atomic E-state index is 12.0. The van der Waals surface area contributed by atoms with Crippen LogP contribution in [0.4, 0.5) is 5.69 Å². The molecule has 0 aliphatic heterocycles. The first-order valence-corrected chi connectivity index (χ1v) is 8.39. The van der Waals surface area contributed by atoms with Gasteiger partial charge in [-0.15, -0.1) is 0 Å². The van der Waals surface area contributed by atoms with Gasteiger partial charge in [0.15, 0.2) is 6.61 Å². The molecule has 0 bridgehead atoms. The van der Waals surface area contributed by atoms with Crippen molar-refractivity contribution in [1.82, 2.24) is 5.32 Å². The maximum absolute atomic E-state index is 12.0. The average Bonchev–Trinajstić information content (AvgIpc) is 2.81. The van der Waals surface area contributed by atoms with Crippen LogP contribution in [0.2, 0.25) is 0 Å². The van der Waals surface area contributed by atoms with Crippen molar-refractivity contribution in [3.05, 3.63) is 29.8 Å². The van der Waals surface area contributed by atoms with E-state index < -0.39 is 5.97 Å². The Bertz CT molecular complexity index is 592. The van der Waals surface area contributed by atoms with Crippen LogP contribution in [0.5, 0.6) is 0 Å².